The Bertz CT molecular complexity index is 1180. The normalized spacial score (nSPS) is 21.2. The molecule has 4 fully saturated rings. The fourth-order valence-corrected chi connectivity index (χ4v) is 6.17. The summed E-state index contributed by atoms with van der Waals surface area (Å²) in [5.41, 5.74) is 1.92. The topological polar surface area (TPSA) is 73.4 Å². The van der Waals surface area contributed by atoms with Crippen LogP contribution in [0.3, 0.4) is 0 Å². The number of amides is 3. The predicted molar refractivity (Wildman–Crippen MR) is 149 cm³/mol. The number of rotatable bonds is 6. The zero-order valence-electron chi connectivity index (χ0n) is 22.6. The van der Waals surface area contributed by atoms with E-state index in [9.17, 15) is 14.4 Å². The second kappa shape index (κ2) is 11.4. The SMILES string of the molecule is O=C(c1ccc(C(=O)N2CCN(c3ccc(OC4CCN(C5CCC5)CC4)cc3)C(=O)C2)cc1)N1CCCC1. The van der Waals surface area contributed by atoms with Crippen molar-refractivity contribution in [2.45, 2.75) is 57.1 Å². The van der Waals surface area contributed by atoms with Crippen molar-refractivity contribution in [3.05, 3.63) is 59.7 Å². The molecule has 8 heteroatoms. The molecule has 2 aromatic rings. The Morgan fingerprint density at radius 3 is 1.85 bits per heavy atom. The van der Waals surface area contributed by atoms with Crippen molar-refractivity contribution >= 4 is 23.4 Å². The maximum atomic E-state index is 13.1. The number of piperidine rings is 1. The molecule has 0 aromatic heterocycles. The summed E-state index contributed by atoms with van der Waals surface area (Å²) in [5.74, 6) is 0.567. The molecule has 3 saturated heterocycles. The molecule has 3 amide bonds. The molecule has 206 valence electrons. The highest BCUT2D eigenvalue weighted by molar-refractivity contribution is 6.02. The van der Waals surface area contributed by atoms with Gasteiger partial charge in [0, 0.05) is 62.1 Å². The van der Waals surface area contributed by atoms with E-state index in [1.54, 1.807) is 34.1 Å². The van der Waals surface area contributed by atoms with E-state index in [1.165, 1.54) is 19.3 Å². The van der Waals surface area contributed by atoms with Gasteiger partial charge in [-0.1, -0.05) is 6.42 Å². The van der Waals surface area contributed by atoms with Crippen LogP contribution in [0.15, 0.2) is 48.5 Å². The van der Waals surface area contributed by atoms with E-state index in [-0.39, 0.29) is 30.4 Å². The predicted octanol–water partition coefficient (Wildman–Crippen LogP) is 3.81. The average molecular weight is 531 g/mol. The van der Waals surface area contributed by atoms with Gasteiger partial charge in [0.05, 0.1) is 0 Å². The van der Waals surface area contributed by atoms with Crippen molar-refractivity contribution in [2.75, 3.05) is 50.7 Å². The van der Waals surface area contributed by atoms with Crippen LogP contribution >= 0.6 is 0 Å². The summed E-state index contributed by atoms with van der Waals surface area (Å²) in [7, 11) is 0. The lowest BCUT2D eigenvalue weighted by atomic mass is 9.90. The van der Waals surface area contributed by atoms with Crippen molar-refractivity contribution in [3.63, 3.8) is 0 Å². The van der Waals surface area contributed by atoms with Gasteiger partial charge in [-0.05, 0) is 87.1 Å². The molecule has 3 heterocycles. The highest BCUT2D eigenvalue weighted by atomic mass is 16.5. The summed E-state index contributed by atoms with van der Waals surface area (Å²) in [6.07, 6.45) is 8.52. The van der Waals surface area contributed by atoms with Crippen molar-refractivity contribution in [2.24, 2.45) is 0 Å². The number of hydrogen-bond acceptors (Lipinski definition) is 5. The smallest absolute Gasteiger partial charge is 0.254 e. The van der Waals surface area contributed by atoms with Gasteiger partial charge in [-0.3, -0.25) is 14.4 Å². The first kappa shape index (κ1) is 25.9. The van der Waals surface area contributed by atoms with Crippen LogP contribution in [-0.2, 0) is 4.79 Å². The minimum Gasteiger partial charge on any atom is -0.490 e. The van der Waals surface area contributed by atoms with Crippen LogP contribution in [0.25, 0.3) is 0 Å². The van der Waals surface area contributed by atoms with Crippen molar-refractivity contribution in [1.82, 2.24) is 14.7 Å². The Morgan fingerprint density at radius 1 is 0.667 bits per heavy atom. The lowest BCUT2D eigenvalue weighted by Crippen LogP contribution is -2.52. The highest BCUT2D eigenvalue weighted by Crippen LogP contribution is 2.29. The molecule has 0 atom stereocenters. The number of likely N-dealkylation sites (tertiary alicyclic amines) is 2. The Balaban J connectivity index is 0.998. The lowest BCUT2D eigenvalue weighted by molar-refractivity contribution is -0.120. The van der Waals surface area contributed by atoms with E-state index in [4.69, 9.17) is 4.74 Å². The zero-order chi connectivity index (χ0) is 26.8. The van der Waals surface area contributed by atoms with Crippen LogP contribution in [0.1, 0.15) is 65.7 Å². The van der Waals surface area contributed by atoms with Gasteiger partial charge in [-0.25, -0.2) is 0 Å². The van der Waals surface area contributed by atoms with Gasteiger partial charge < -0.3 is 24.3 Å². The molecule has 0 bridgehead atoms. The molecule has 0 N–H and O–H groups in total. The van der Waals surface area contributed by atoms with Crippen molar-refractivity contribution in [3.8, 4) is 5.75 Å². The van der Waals surface area contributed by atoms with Gasteiger partial charge in [0.15, 0.2) is 0 Å². The van der Waals surface area contributed by atoms with Crippen LogP contribution in [0.2, 0.25) is 0 Å². The molecule has 6 rings (SSSR count). The van der Waals surface area contributed by atoms with Crippen LogP contribution in [-0.4, -0.2) is 90.4 Å². The second-order valence-electron chi connectivity index (χ2n) is 11.3. The summed E-state index contributed by atoms with van der Waals surface area (Å²) >= 11 is 0. The molecule has 3 aliphatic heterocycles. The molecule has 1 aliphatic carbocycles. The first-order chi connectivity index (χ1) is 19.0. The van der Waals surface area contributed by atoms with Gasteiger partial charge in [0.25, 0.3) is 11.8 Å². The third kappa shape index (κ3) is 5.66. The van der Waals surface area contributed by atoms with E-state index in [2.05, 4.69) is 4.90 Å². The number of hydrogen-bond donors (Lipinski definition) is 0. The Morgan fingerprint density at radius 2 is 1.28 bits per heavy atom. The molecule has 0 radical (unpaired) electrons. The van der Waals surface area contributed by atoms with E-state index in [0.717, 1.165) is 69.3 Å². The quantitative estimate of drug-likeness (QED) is 0.568. The number of benzene rings is 2. The first-order valence-electron chi connectivity index (χ1n) is 14.5. The van der Waals surface area contributed by atoms with Crippen molar-refractivity contribution in [1.29, 1.82) is 0 Å². The molecule has 4 aliphatic rings. The Hall–Kier alpha value is -3.39. The second-order valence-corrected chi connectivity index (χ2v) is 11.3. The number of carbonyl (C=O) groups is 3. The van der Waals surface area contributed by atoms with E-state index < -0.39 is 0 Å². The first-order valence-corrected chi connectivity index (χ1v) is 14.5. The van der Waals surface area contributed by atoms with Gasteiger partial charge in [-0.15, -0.1) is 0 Å². The number of nitrogens with zero attached hydrogens (tertiary/aromatic N) is 4. The number of ether oxygens (including phenoxy) is 1. The lowest BCUT2D eigenvalue weighted by Gasteiger charge is -2.41. The zero-order valence-corrected chi connectivity index (χ0v) is 22.6. The van der Waals surface area contributed by atoms with Crippen LogP contribution < -0.4 is 9.64 Å². The van der Waals surface area contributed by atoms with Gasteiger partial charge >= 0.3 is 0 Å². The van der Waals surface area contributed by atoms with Crippen molar-refractivity contribution < 1.29 is 19.1 Å². The van der Waals surface area contributed by atoms with Crippen LogP contribution in [0.4, 0.5) is 5.69 Å². The van der Waals surface area contributed by atoms with Gasteiger partial charge in [0.1, 0.15) is 18.4 Å². The molecular formula is C31H38N4O4. The van der Waals surface area contributed by atoms with E-state index >= 15 is 0 Å². The third-order valence-corrected chi connectivity index (χ3v) is 8.80. The maximum Gasteiger partial charge on any atom is 0.254 e. The Labute approximate surface area is 230 Å². The summed E-state index contributed by atoms with van der Waals surface area (Å²) in [4.78, 5) is 46.5. The highest BCUT2D eigenvalue weighted by Gasteiger charge is 2.31. The van der Waals surface area contributed by atoms with Gasteiger partial charge in [-0.2, -0.15) is 0 Å². The largest absolute Gasteiger partial charge is 0.490 e. The minimum atomic E-state index is -0.185. The van der Waals surface area contributed by atoms with Crippen LogP contribution in [0, 0.1) is 0 Å². The molecular weight excluding hydrogens is 492 g/mol. The maximum absolute atomic E-state index is 13.1. The summed E-state index contributed by atoms with van der Waals surface area (Å²) in [6, 6.07) is 15.4. The fraction of sp³-hybridized carbons (Fsp3) is 0.516. The molecule has 2 aromatic carbocycles. The third-order valence-electron chi connectivity index (χ3n) is 8.80. The Kier molecular flexibility index (Phi) is 7.55. The summed E-state index contributed by atoms with van der Waals surface area (Å²) in [5, 5.41) is 0. The van der Waals surface area contributed by atoms with Crippen LogP contribution in [0.5, 0.6) is 5.75 Å². The van der Waals surface area contributed by atoms with Gasteiger partial charge in [0.2, 0.25) is 5.91 Å². The summed E-state index contributed by atoms with van der Waals surface area (Å²) in [6.45, 7) is 4.75. The molecule has 8 nitrogen and oxygen atoms in total. The number of anilines is 1. The van der Waals surface area contributed by atoms with E-state index in [1.807, 2.05) is 29.2 Å². The fourth-order valence-electron chi connectivity index (χ4n) is 6.17. The molecule has 0 spiro atoms. The number of piperazine rings is 1. The minimum absolute atomic E-state index is 0.0149. The standard InChI is InChI=1S/C31H38N4O4/c36-29-22-34(31(38)24-8-6-23(7-9-24)30(37)33-16-1-2-17-33)20-21-35(29)26-10-12-27(13-11-26)39-28-14-18-32(19-15-28)25-4-3-5-25/h6-13,25,28H,1-5,14-22H2. The molecule has 39 heavy (non-hydrogen) atoms. The average Bonchev–Trinajstić information content (AvgIpc) is 3.48. The monoisotopic (exact) mass is 530 g/mol. The van der Waals surface area contributed by atoms with E-state index in [0.29, 0.717) is 24.2 Å². The summed E-state index contributed by atoms with van der Waals surface area (Å²) < 4.78 is 6.25. The molecule has 1 saturated carbocycles. The number of carbonyl (C=O) groups excluding carboxylic acids is 3. The molecule has 0 unspecified atom stereocenters.